The van der Waals surface area contributed by atoms with Crippen LogP contribution in [0.1, 0.15) is 0 Å². The molecule has 6 aromatic carbocycles. The molecule has 11 heteroatoms. The molecule has 53 heavy (non-hydrogen) atoms. The van der Waals surface area contributed by atoms with Crippen LogP contribution in [0.25, 0.3) is 0 Å². The molecule has 0 aliphatic heterocycles. The van der Waals surface area contributed by atoms with Crippen LogP contribution in [0, 0.1) is 0 Å². The molecule has 0 N–H and O–H groups in total. The molecule has 0 aromatic heterocycles. The summed E-state index contributed by atoms with van der Waals surface area (Å²) < 4.78 is 31.8. The molecule has 0 aliphatic rings. The van der Waals surface area contributed by atoms with Gasteiger partial charge in [0.15, 0.2) is 0 Å². The fourth-order valence-corrected chi connectivity index (χ4v) is 9.75. The first-order valence-corrected chi connectivity index (χ1v) is 18.6. The van der Waals surface area contributed by atoms with Crippen LogP contribution in [0.5, 0.6) is 34.5 Å². The van der Waals surface area contributed by atoms with E-state index >= 15 is 0 Å². The van der Waals surface area contributed by atoms with Crippen molar-refractivity contribution in [2.24, 2.45) is 0 Å². The van der Waals surface area contributed by atoms with Crippen LogP contribution in [0.3, 0.4) is 0 Å². The van der Waals surface area contributed by atoms with Crippen LogP contribution >= 0.6 is 15.8 Å². The van der Waals surface area contributed by atoms with Crippen LogP contribution in [0.15, 0.2) is 146 Å². The molecule has 6 rings (SSSR count). The Hall–Kier alpha value is -3.95. The van der Waals surface area contributed by atoms with Crippen molar-refractivity contribution in [1.29, 1.82) is 0 Å². The third-order valence-electron chi connectivity index (χ3n) is 7.98. The molecule has 0 fully saturated rings. The summed E-state index contributed by atoms with van der Waals surface area (Å²) in [5.41, 5.74) is 0. The minimum Gasteiger partial charge on any atom is -1.00 e. The van der Waals surface area contributed by atoms with Gasteiger partial charge in [0.25, 0.3) is 0 Å². The predicted octanol–water partition coefficient (Wildman–Crippen LogP) is 0.947. The Kier molecular flexibility index (Phi) is 19.6. The summed E-state index contributed by atoms with van der Waals surface area (Å²) in [6, 6.07) is 49.8. The van der Waals surface area contributed by atoms with E-state index in [1.165, 1.54) is 31.8 Å². The molecule has 0 aliphatic carbocycles. The third-order valence-corrected chi connectivity index (χ3v) is 12.9. The van der Waals surface area contributed by atoms with Crippen LogP contribution in [-0.2, 0) is 16.5 Å². The van der Waals surface area contributed by atoms with Gasteiger partial charge in [-0.1, -0.05) is 72.8 Å². The number of ether oxygens (including phenoxy) is 6. The molecule has 0 saturated heterocycles. The van der Waals surface area contributed by atoms with Crippen molar-refractivity contribution in [2.75, 3.05) is 42.7 Å². The number of hydrogen-bond donors (Lipinski definition) is 0. The summed E-state index contributed by atoms with van der Waals surface area (Å²) in [7, 11) is 8.78. The first-order valence-electron chi connectivity index (χ1n) is 15.9. The zero-order valence-corrected chi connectivity index (χ0v) is 34.6. The Morgan fingerprint density at radius 2 is 0.358 bits per heavy atom. The standard InChI is InChI=1S/2C21H21O3P.2ClH.Ni/c2*1-22-16-4-10-19(11-5-16)25(20-12-6-17(23-2)7-13-20)21-14-8-18(24-3)9-15-21;;;/h2*4-15H,1-3H3;2*1H;/q;;;;+2/p-2. The summed E-state index contributed by atoms with van der Waals surface area (Å²) >= 11 is 0. The van der Waals surface area contributed by atoms with E-state index in [1.807, 2.05) is 72.8 Å². The first kappa shape index (κ1) is 45.2. The zero-order valence-electron chi connectivity index (χ0n) is 30.3. The van der Waals surface area contributed by atoms with E-state index in [0.29, 0.717) is 0 Å². The summed E-state index contributed by atoms with van der Waals surface area (Å²) in [5.74, 6) is 5.18. The van der Waals surface area contributed by atoms with Gasteiger partial charge in [0.1, 0.15) is 34.5 Å². The Morgan fingerprint density at radius 1 is 0.245 bits per heavy atom. The zero-order chi connectivity index (χ0) is 35.3. The number of methoxy groups -OCH3 is 6. The molecule has 6 nitrogen and oxygen atoms in total. The average Bonchev–Trinajstić information content (AvgIpc) is 3.20. The smallest absolute Gasteiger partial charge is 1.00 e. The van der Waals surface area contributed by atoms with Crippen molar-refractivity contribution >= 4 is 47.7 Å². The fourth-order valence-electron chi connectivity index (χ4n) is 5.28. The Labute approximate surface area is 338 Å². The van der Waals surface area contributed by atoms with Crippen LogP contribution in [0.2, 0.25) is 0 Å². The maximum atomic E-state index is 5.30. The van der Waals surface area contributed by atoms with E-state index in [4.69, 9.17) is 28.4 Å². The Bertz CT molecular complexity index is 1530. The number of hydrogen-bond acceptors (Lipinski definition) is 6. The van der Waals surface area contributed by atoms with Gasteiger partial charge in [-0.2, -0.15) is 0 Å². The SMILES string of the molecule is COc1ccc(P(c2ccc(OC)cc2)c2ccc(OC)cc2)cc1.COc1ccc(P(c2ccc(OC)cc2)c2ccc(OC)cc2)cc1.[Cl-].[Cl-].[Ni+2]. The van der Waals surface area contributed by atoms with Gasteiger partial charge in [-0.3, -0.25) is 0 Å². The van der Waals surface area contributed by atoms with Crippen molar-refractivity contribution in [2.45, 2.75) is 0 Å². The van der Waals surface area contributed by atoms with Crippen LogP contribution in [-0.4, -0.2) is 42.7 Å². The molecule has 0 heterocycles. The summed E-state index contributed by atoms with van der Waals surface area (Å²) in [6.07, 6.45) is 0. The first-order chi connectivity index (χ1) is 24.5. The predicted molar refractivity (Wildman–Crippen MR) is 210 cm³/mol. The molecule has 0 saturated carbocycles. The van der Waals surface area contributed by atoms with Gasteiger partial charge in [0.2, 0.25) is 0 Å². The van der Waals surface area contributed by atoms with Gasteiger partial charge in [0.05, 0.1) is 42.7 Å². The average molecular weight is 834 g/mol. The molecule has 280 valence electrons. The molecule has 6 aromatic rings. The second-order valence-corrected chi connectivity index (χ2v) is 15.3. The largest absolute Gasteiger partial charge is 2.00 e. The maximum absolute atomic E-state index is 5.30. The number of halogens is 2. The van der Waals surface area contributed by atoms with Gasteiger partial charge >= 0.3 is 16.5 Å². The van der Waals surface area contributed by atoms with Crippen LogP contribution in [0.4, 0.5) is 0 Å². The summed E-state index contributed by atoms with van der Waals surface area (Å²) in [4.78, 5) is 0. The molecular weight excluding hydrogens is 792 g/mol. The summed E-state index contributed by atoms with van der Waals surface area (Å²) in [6.45, 7) is 0. The van der Waals surface area contributed by atoms with E-state index in [-0.39, 0.29) is 41.3 Å². The maximum Gasteiger partial charge on any atom is 2.00 e. The van der Waals surface area contributed by atoms with Crippen molar-refractivity contribution < 1.29 is 69.7 Å². The number of rotatable bonds is 12. The van der Waals surface area contributed by atoms with Crippen molar-refractivity contribution in [3.8, 4) is 34.5 Å². The van der Waals surface area contributed by atoms with Crippen molar-refractivity contribution in [3.05, 3.63) is 146 Å². The van der Waals surface area contributed by atoms with Gasteiger partial charge in [0, 0.05) is 0 Å². The van der Waals surface area contributed by atoms with E-state index in [2.05, 4.69) is 72.8 Å². The van der Waals surface area contributed by atoms with Gasteiger partial charge in [-0.15, -0.1) is 0 Å². The molecule has 0 spiro atoms. The minimum absolute atomic E-state index is 0. The van der Waals surface area contributed by atoms with E-state index in [9.17, 15) is 0 Å². The van der Waals surface area contributed by atoms with E-state index in [0.717, 1.165) is 34.5 Å². The Balaban J connectivity index is 0.000000347. The normalized spacial score (nSPS) is 9.96. The van der Waals surface area contributed by atoms with Gasteiger partial charge < -0.3 is 53.2 Å². The van der Waals surface area contributed by atoms with E-state index in [1.54, 1.807) is 42.7 Å². The van der Waals surface area contributed by atoms with Crippen molar-refractivity contribution in [1.82, 2.24) is 0 Å². The second kappa shape index (κ2) is 23.0. The Morgan fingerprint density at radius 3 is 0.453 bits per heavy atom. The van der Waals surface area contributed by atoms with Gasteiger partial charge in [-0.05, 0) is 120 Å². The molecule has 0 amide bonds. The quantitative estimate of drug-likeness (QED) is 0.136. The van der Waals surface area contributed by atoms with E-state index < -0.39 is 15.8 Å². The van der Waals surface area contributed by atoms with Crippen LogP contribution < -0.4 is 85.1 Å². The number of benzene rings is 6. The molecular formula is C42H42Cl2NiO6P2. The summed E-state index contributed by atoms with van der Waals surface area (Å²) in [5, 5.41) is 7.62. The minimum atomic E-state index is -0.665. The molecule has 0 bridgehead atoms. The molecule has 0 atom stereocenters. The van der Waals surface area contributed by atoms with Gasteiger partial charge in [-0.25, -0.2) is 0 Å². The third kappa shape index (κ3) is 12.0. The van der Waals surface area contributed by atoms with Crippen molar-refractivity contribution in [3.63, 3.8) is 0 Å². The topological polar surface area (TPSA) is 55.4 Å². The second-order valence-electron chi connectivity index (χ2n) is 10.9. The molecule has 0 unspecified atom stereocenters. The molecule has 0 radical (unpaired) electrons. The fraction of sp³-hybridized carbons (Fsp3) is 0.143. The monoisotopic (exact) mass is 832 g/mol.